The van der Waals surface area contributed by atoms with Gasteiger partial charge in [0.1, 0.15) is 0 Å². The van der Waals surface area contributed by atoms with Gasteiger partial charge in [-0.15, -0.1) is 0 Å². The van der Waals surface area contributed by atoms with Crippen molar-refractivity contribution in [3.63, 3.8) is 0 Å². The van der Waals surface area contributed by atoms with Gasteiger partial charge < -0.3 is 9.05 Å². The summed E-state index contributed by atoms with van der Waals surface area (Å²) < 4.78 is 18.5. The summed E-state index contributed by atoms with van der Waals surface area (Å²) >= 11 is 0. The first-order valence-electron chi connectivity index (χ1n) is 2.08. The number of carbonyl (C=O) groups excluding carboxylic acids is 1. The van der Waals surface area contributed by atoms with Gasteiger partial charge in [-0.25, -0.2) is 4.57 Å². The maximum absolute atomic E-state index is 10.2. The SMILES string of the molecule is CCO[PH](=O)OC=O.[Ti]. The molecule has 0 aromatic rings. The van der Waals surface area contributed by atoms with Crippen molar-refractivity contribution in [3.05, 3.63) is 0 Å². The van der Waals surface area contributed by atoms with E-state index in [0.717, 1.165) is 0 Å². The largest absolute Gasteiger partial charge is 0.396 e. The molecule has 0 spiro atoms. The van der Waals surface area contributed by atoms with Crippen molar-refractivity contribution in [1.82, 2.24) is 0 Å². The number of carbonyl (C=O) groups is 1. The molecular formula is C3H7O4PTi. The van der Waals surface area contributed by atoms with Crippen LogP contribution in [0, 0.1) is 0 Å². The normalized spacial score (nSPS) is 11.2. The molecule has 1 unspecified atom stereocenters. The molecule has 0 aromatic carbocycles. The van der Waals surface area contributed by atoms with Crippen LogP contribution in [0.15, 0.2) is 0 Å². The summed E-state index contributed by atoms with van der Waals surface area (Å²) in [6, 6.07) is 0. The Hall–Kier alpha value is 0.374. The standard InChI is InChI=1S/C3H7O4P.Ti/c1-2-6-8(5)7-3-4;/h3,8H,2H2,1H3;. The molecule has 0 saturated carbocycles. The molecule has 0 N–H and O–H groups in total. The summed E-state index contributed by atoms with van der Waals surface area (Å²) in [5.74, 6) is 0. The van der Waals surface area contributed by atoms with Crippen LogP contribution in [-0.2, 0) is 40.1 Å². The molecule has 0 fully saturated rings. The van der Waals surface area contributed by atoms with Gasteiger partial charge in [-0.3, -0.25) is 4.79 Å². The smallest absolute Gasteiger partial charge is 0.369 e. The molecule has 0 rings (SSSR count). The Labute approximate surface area is 68.7 Å². The number of hydrogen-bond acceptors (Lipinski definition) is 4. The van der Waals surface area contributed by atoms with Crippen LogP contribution in [0.5, 0.6) is 0 Å². The van der Waals surface area contributed by atoms with Gasteiger partial charge in [0.05, 0.1) is 6.61 Å². The van der Waals surface area contributed by atoms with E-state index in [2.05, 4.69) is 9.05 Å². The average Bonchev–Trinajstić information content (AvgIpc) is 1.68. The van der Waals surface area contributed by atoms with Gasteiger partial charge in [-0.1, -0.05) is 0 Å². The first-order chi connectivity index (χ1) is 3.81. The zero-order valence-corrected chi connectivity index (χ0v) is 7.48. The van der Waals surface area contributed by atoms with Crippen LogP contribution in [0.1, 0.15) is 6.92 Å². The predicted octanol–water partition coefficient (Wildman–Crippen LogP) is 0.583. The number of hydrogen-bond donors (Lipinski definition) is 0. The molecule has 0 aromatic heterocycles. The third kappa shape index (κ3) is 8.37. The molecule has 9 heavy (non-hydrogen) atoms. The van der Waals surface area contributed by atoms with E-state index in [1.807, 2.05) is 0 Å². The molecular weight excluding hydrogens is 179 g/mol. The fourth-order valence-corrected chi connectivity index (χ4v) is 0.573. The van der Waals surface area contributed by atoms with Gasteiger partial charge in [-0.2, -0.15) is 0 Å². The minimum absolute atomic E-state index is 0. The molecule has 4 nitrogen and oxygen atoms in total. The predicted molar refractivity (Wildman–Crippen MR) is 27.8 cm³/mol. The second-order valence-electron chi connectivity index (χ2n) is 0.897. The van der Waals surface area contributed by atoms with Crippen molar-refractivity contribution in [2.24, 2.45) is 0 Å². The van der Waals surface area contributed by atoms with Crippen LogP contribution in [0.2, 0.25) is 0 Å². The average molecular weight is 186 g/mol. The minimum Gasteiger partial charge on any atom is -0.396 e. The zero-order chi connectivity index (χ0) is 6.41. The topological polar surface area (TPSA) is 52.6 Å². The van der Waals surface area contributed by atoms with Crippen molar-refractivity contribution < 1.29 is 40.1 Å². The van der Waals surface area contributed by atoms with Crippen LogP contribution < -0.4 is 0 Å². The van der Waals surface area contributed by atoms with Gasteiger partial charge in [0.25, 0.3) is 6.47 Å². The Morgan fingerprint density at radius 2 is 2.22 bits per heavy atom. The fourth-order valence-electron chi connectivity index (χ4n) is 0.191. The van der Waals surface area contributed by atoms with Gasteiger partial charge in [-0.05, 0) is 6.92 Å². The molecule has 6 heteroatoms. The first kappa shape index (κ1) is 12.1. The Bertz CT molecular complexity index is 95.8. The van der Waals surface area contributed by atoms with Crippen molar-refractivity contribution in [2.75, 3.05) is 6.61 Å². The third-order valence-electron chi connectivity index (χ3n) is 0.407. The Morgan fingerprint density at radius 3 is 2.56 bits per heavy atom. The Kier molecular flexibility index (Phi) is 11.2. The van der Waals surface area contributed by atoms with Gasteiger partial charge in [0.15, 0.2) is 0 Å². The molecule has 0 bridgehead atoms. The molecule has 0 heterocycles. The van der Waals surface area contributed by atoms with E-state index in [1.54, 1.807) is 6.92 Å². The van der Waals surface area contributed by atoms with E-state index in [0.29, 0.717) is 6.61 Å². The van der Waals surface area contributed by atoms with E-state index in [1.165, 1.54) is 0 Å². The Balaban J connectivity index is 0. The first-order valence-corrected chi connectivity index (χ1v) is 3.30. The molecule has 0 aliphatic heterocycles. The molecule has 0 saturated heterocycles. The fraction of sp³-hybridized carbons (Fsp3) is 0.667. The molecule has 52 valence electrons. The van der Waals surface area contributed by atoms with E-state index in [4.69, 9.17) is 0 Å². The van der Waals surface area contributed by atoms with Crippen molar-refractivity contribution >= 4 is 14.7 Å². The molecule has 1 atom stereocenters. The van der Waals surface area contributed by atoms with Gasteiger partial charge in [0, 0.05) is 21.7 Å². The van der Waals surface area contributed by atoms with E-state index < -0.39 is 8.25 Å². The van der Waals surface area contributed by atoms with Crippen molar-refractivity contribution in [1.29, 1.82) is 0 Å². The molecule has 0 amide bonds. The van der Waals surface area contributed by atoms with Crippen LogP contribution in [0.4, 0.5) is 0 Å². The van der Waals surface area contributed by atoms with Gasteiger partial charge in [0.2, 0.25) is 0 Å². The zero-order valence-electron chi connectivity index (χ0n) is 4.92. The van der Waals surface area contributed by atoms with Crippen LogP contribution in [0.25, 0.3) is 0 Å². The van der Waals surface area contributed by atoms with Gasteiger partial charge >= 0.3 is 8.25 Å². The van der Waals surface area contributed by atoms with E-state index in [9.17, 15) is 9.36 Å². The molecule has 0 aliphatic rings. The quantitative estimate of drug-likeness (QED) is 0.366. The summed E-state index contributed by atoms with van der Waals surface area (Å²) in [5.41, 5.74) is 0. The monoisotopic (exact) mass is 186 g/mol. The summed E-state index contributed by atoms with van der Waals surface area (Å²) in [5, 5.41) is 0. The van der Waals surface area contributed by atoms with Crippen LogP contribution in [-0.4, -0.2) is 13.1 Å². The maximum atomic E-state index is 10.2. The minimum atomic E-state index is -2.51. The molecule has 0 aliphatic carbocycles. The number of rotatable bonds is 4. The summed E-state index contributed by atoms with van der Waals surface area (Å²) in [7, 11) is -2.51. The summed E-state index contributed by atoms with van der Waals surface area (Å²) in [4.78, 5) is 9.41. The van der Waals surface area contributed by atoms with E-state index >= 15 is 0 Å². The van der Waals surface area contributed by atoms with Crippen LogP contribution >= 0.6 is 8.25 Å². The second kappa shape index (κ2) is 8.37. The maximum Gasteiger partial charge on any atom is 0.369 e. The Morgan fingerprint density at radius 1 is 1.67 bits per heavy atom. The van der Waals surface area contributed by atoms with Crippen LogP contribution in [0.3, 0.4) is 0 Å². The third-order valence-corrected chi connectivity index (χ3v) is 1.22. The second-order valence-corrected chi connectivity index (χ2v) is 1.92. The summed E-state index contributed by atoms with van der Waals surface area (Å²) in [6.45, 7) is 2.07. The molecule has 0 radical (unpaired) electrons. The summed E-state index contributed by atoms with van der Waals surface area (Å²) in [6.07, 6.45) is 0. The van der Waals surface area contributed by atoms with Crippen molar-refractivity contribution in [2.45, 2.75) is 6.92 Å². The van der Waals surface area contributed by atoms with Crippen molar-refractivity contribution in [3.8, 4) is 0 Å². The van der Waals surface area contributed by atoms with E-state index in [-0.39, 0.29) is 28.2 Å².